The van der Waals surface area contributed by atoms with Gasteiger partial charge in [0.1, 0.15) is 0 Å². The summed E-state index contributed by atoms with van der Waals surface area (Å²) in [5, 5.41) is 9.43. The molecule has 94 valence electrons. The third-order valence-corrected chi connectivity index (χ3v) is 2.90. The van der Waals surface area contributed by atoms with E-state index in [2.05, 4.69) is 15.9 Å². The van der Waals surface area contributed by atoms with Gasteiger partial charge >= 0.3 is 5.69 Å². The highest BCUT2D eigenvalue weighted by Gasteiger charge is 2.13. The average molecular weight is 315 g/mol. The van der Waals surface area contributed by atoms with Crippen molar-refractivity contribution in [3.63, 3.8) is 0 Å². The van der Waals surface area contributed by atoms with E-state index in [9.17, 15) is 19.1 Å². The summed E-state index contributed by atoms with van der Waals surface area (Å²) in [5.41, 5.74) is -1.41. The van der Waals surface area contributed by atoms with Crippen LogP contribution < -0.4 is 11.2 Å². The zero-order valence-electron chi connectivity index (χ0n) is 8.98. The molecule has 2 aromatic rings. The topological polar surface area (TPSA) is 75.1 Å². The summed E-state index contributed by atoms with van der Waals surface area (Å²) >= 11 is 3.26. The number of nitrogens with zero attached hydrogens (tertiary/aromatic N) is 1. The van der Waals surface area contributed by atoms with Crippen LogP contribution in [0, 0.1) is 5.82 Å². The van der Waals surface area contributed by atoms with Crippen LogP contribution in [0.3, 0.4) is 0 Å². The molecule has 0 spiro atoms. The highest BCUT2D eigenvalue weighted by molar-refractivity contribution is 9.10. The fourth-order valence-corrected chi connectivity index (χ4v) is 1.72. The Bertz CT molecular complexity index is 691. The number of aromatic amines is 1. The molecule has 0 unspecified atom stereocenters. The summed E-state index contributed by atoms with van der Waals surface area (Å²) in [4.78, 5) is 24.1. The number of aromatic nitrogens is 2. The number of hydrogen-bond acceptors (Lipinski definition) is 3. The largest absolute Gasteiger partial charge is 0.492 e. The molecule has 0 fully saturated rings. The fourth-order valence-electron chi connectivity index (χ4n) is 1.45. The number of aromatic hydroxyl groups is 1. The highest BCUT2D eigenvalue weighted by Crippen LogP contribution is 2.13. The first-order valence-electron chi connectivity index (χ1n) is 4.95. The zero-order valence-corrected chi connectivity index (χ0v) is 10.6. The van der Waals surface area contributed by atoms with E-state index in [0.29, 0.717) is 5.56 Å². The molecule has 0 saturated heterocycles. The van der Waals surface area contributed by atoms with Crippen molar-refractivity contribution in [2.75, 3.05) is 0 Å². The first-order chi connectivity index (χ1) is 8.49. The van der Waals surface area contributed by atoms with Crippen molar-refractivity contribution in [2.24, 2.45) is 0 Å². The van der Waals surface area contributed by atoms with Gasteiger partial charge in [-0.05, 0) is 17.7 Å². The molecule has 7 heteroatoms. The lowest BCUT2D eigenvalue weighted by Crippen LogP contribution is -2.32. The number of H-pyrrole nitrogens is 1. The van der Waals surface area contributed by atoms with E-state index in [4.69, 9.17) is 0 Å². The van der Waals surface area contributed by atoms with Crippen molar-refractivity contribution in [2.45, 2.75) is 6.54 Å². The van der Waals surface area contributed by atoms with Crippen LogP contribution >= 0.6 is 15.9 Å². The van der Waals surface area contributed by atoms with Crippen molar-refractivity contribution < 1.29 is 9.50 Å². The van der Waals surface area contributed by atoms with Gasteiger partial charge < -0.3 is 5.11 Å². The van der Waals surface area contributed by atoms with E-state index in [1.165, 1.54) is 0 Å². The minimum absolute atomic E-state index is 0.0361. The number of rotatable bonds is 2. The molecule has 0 amide bonds. The van der Waals surface area contributed by atoms with E-state index < -0.39 is 22.9 Å². The standard InChI is InChI=1S/C11H8BrFN2O3/c12-7-3-1-6(2-4-7)5-15-10(17)8(13)9(16)14-11(15)18/h1-4,17H,5H2,(H,14,16,18). The van der Waals surface area contributed by atoms with Crippen LogP contribution in [0.1, 0.15) is 5.56 Å². The summed E-state index contributed by atoms with van der Waals surface area (Å²) in [5.74, 6) is -2.33. The Morgan fingerprint density at radius 1 is 1.28 bits per heavy atom. The molecule has 0 aliphatic heterocycles. The van der Waals surface area contributed by atoms with Gasteiger partial charge in [-0.25, -0.2) is 4.79 Å². The molecule has 5 nitrogen and oxygen atoms in total. The van der Waals surface area contributed by atoms with E-state index in [1.807, 2.05) is 0 Å². The predicted octanol–water partition coefficient (Wildman–Crippen LogP) is 1.19. The van der Waals surface area contributed by atoms with Gasteiger partial charge in [0.15, 0.2) is 0 Å². The molecule has 2 N–H and O–H groups in total. The minimum Gasteiger partial charge on any atom is -0.492 e. The van der Waals surface area contributed by atoms with E-state index in [-0.39, 0.29) is 6.54 Å². The molecule has 0 aliphatic rings. The van der Waals surface area contributed by atoms with Crippen LogP contribution in [0.15, 0.2) is 38.3 Å². The highest BCUT2D eigenvalue weighted by atomic mass is 79.9. The lowest BCUT2D eigenvalue weighted by molar-refractivity contribution is 0.367. The van der Waals surface area contributed by atoms with Gasteiger partial charge in [-0.1, -0.05) is 28.1 Å². The SMILES string of the molecule is O=c1[nH]c(=O)n(Cc2ccc(Br)cc2)c(O)c1F. The molecule has 2 rings (SSSR count). The molecule has 0 atom stereocenters. The number of benzene rings is 1. The Kier molecular flexibility index (Phi) is 3.33. The molecule has 0 aliphatic carbocycles. The first-order valence-corrected chi connectivity index (χ1v) is 5.74. The molecule has 0 radical (unpaired) electrons. The Morgan fingerprint density at radius 2 is 1.89 bits per heavy atom. The van der Waals surface area contributed by atoms with E-state index in [1.54, 1.807) is 29.2 Å². The second-order valence-electron chi connectivity index (χ2n) is 3.61. The smallest absolute Gasteiger partial charge is 0.331 e. The van der Waals surface area contributed by atoms with Crippen molar-refractivity contribution in [1.29, 1.82) is 0 Å². The molecular formula is C11H8BrFN2O3. The van der Waals surface area contributed by atoms with Gasteiger partial charge in [0.2, 0.25) is 11.7 Å². The van der Waals surface area contributed by atoms with Gasteiger partial charge in [0.05, 0.1) is 6.54 Å². The molecule has 1 aromatic heterocycles. The van der Waals surface area contributed by atoms with Gasteiger partial charge in [-0.15, -0.1) is 0 Å². The number of hydrogen-bond donors (Lipinski definition) is 2. The maximum absolute atomic E-state index is 13.2. The van der Waals surface area contributed by atoms with Gasteiger partial charge in [0.25, 0.3) is 5.56 Å². The Hall–Kier alpha value is -1.89. The summed E-state index contributed by atoms with van der Waals surface area (Å²) in [6, 6.07) is 6.91. The lowest BCUT2D eigenvalue weighted by Gasteiger charge is -2.08. The quantitative estimate of drug-likeness (QED) is 0.874. The fraction of sp³-hybridized carbons (Fsp3) is 0.0909. The summed E-state index contributed by atoms with van der Waals surface area (Å²) in [7, 11) is 0. The van der Waals surface area contributed by atoms with Crippen LogP contribution in [-0.4, -0.2) is 14.7 Å². The summed E-state index contributed by atoms with van der Waals surface area (Å²) in [6.45, 7) is -0.0361. The Morgan fingerprint density at radius 3 is 2.50 bits per heavy atom. The van der Waals surface area contributed by atoms with Crippen LogP contribution in [0.5, 0.6) is 5.88 Å². The van der Waals surface area contributed by atoms with Crippen LogP contribution in [0.4, 0.5) is 4.39 Å². The van der Waals surface area contributed by atoms with Gasteiger partial charge in [-0.2, -0.15) is 4.39 Å². The normalized spacial score (nSPS) is 10.6. The van der Waals surface area contributed by atoms with Crippen molar-refractivity contribution in [3.8, 4) is 5.88 Å². The monoisotopic (exact) mass is 314 g/mol. The van der Waals surface area contributed by atoms with Gasteiger partial charge in [0, 0.05) is 4.47 Å². The van der Waals surface area contributed by atoms with Crippen molar-refractivity contribution >= 4 is 15.9 Å². The predicted molar refractivity (Wildman–Crippen MR) is 66.2 cm³/mol. The number of nitrogens with one attached hydrogen (secondary N) is 1. The minimum atomic E-state index is -1.37. The first kappa shape index (κ1) is 12.6. The maximum Gasteiger partial charge on any atom is 0.331 e. The zero-order chi connectivity index (χ0) is 13.3. The lowest BCUT2D eigenvalue weighted by atomic mass is 10.2. The third-order valence-electron chi connectivity index (χ3n) is 2.37. The average Bonchev–Trinajstić information content (AvgIpc) is 2.34. The molecule has 1 heterocycles. The van der Waals surface area contributed by atoms with Crippen LogP contribution in [0.25, 0.3) is 0 Å². The molecule has 0 saturated carbocycles. The maximum atomic E-state index is 13.2. The number of halogens is 2. The molecule has 1 aromatic carbocycles. The Labute approximate surface area is 109 Å². The van der Waals surface area contributed by atoms with Crippen molar-refractivity contribution in [1.82, 2.24) is 9.55 Å². The molecule has 0 bridgehead atoms. The van der Waals surface area contributed by atoms with Crippen molar-refractivity contribution in [3.05, 3.63) is 61.0 Å². The summed E-state index contributed by atoms with van der Waals surface area (Å²) < 4.78 is 14.8. The van der Waals surface area contributed by atoms with Crippen LogP contribution in [-0.2, 0) is 6.54 Å². The molecule has 18 heavy (non-hydrogen) atoms. The second-order valence-corrected chi connectivity index (χ2v) is 4.53. The van der Waals surface area contributed by atoms with Crippen LogP contribution in [0.2, 0.25) is 0 Å². The second kappa shape index (κ2) is 4.77. The Balaban J connectivity index is 2.47. The third kappa shape index (κ3) is 2.35. The summed E-state index contributed by atoms with van der Waals surface area (Å²) in [6.07, 6.45) is 0. The van der Waals surface area contributed by atoms with E-state index >= 15 is 0 Å². The molecular weight excluding hydrogens is 307 g/mol. The van der Waals surface area contributed by atoms with Gasteiger partial charge in [-0.3, -0.25) is 14.3 Å². The van der Waals surface area contributed by atoms with E-state index in [0.717, 1.165) is 9.04 Å².